The summed E-state index contributed by atoms with van der Waals surface area (Å²) in [4.78, 5) is 11.8. The molecule has 8 heteroatoms. The lowest BCUT2D eigenvalue weighted by Gasteiger charge is -2.40. The van der Waals surface area contributed by atoms with Gasteiger partial charge in [-0.15, -0.1) is 0 Å². The number of benzene rings is 1. The van der Waals surface area contributed by atoms with Crippen molar-refractivity contribution >= 4 is 37.2 Å². The Kier molecular flexibility index (Phi) is 4.82. The second kappa shape index (κ2) is 6.12. The van der Waals surface area contributed by atoms with E-state index < -0.39 is 15.0 Å². The second-order valence-electron chi connectivity index (χ2n) is 5.01. The highest BCUT2D eigenvalue weighted by molar-refractivity contribution is 8.13. The zero-order valence-corrected chi connectivity index (χ0v) is 13.7. The molecule has 0 radical (unpaired) electrons. The topological polar surface area (TPSA) is 72.5 Å². The van der Waals surface area contributed by atoms with Gasteiger partial charge in [0.25, 0.3) is 15.0 Å². The normalized spacial score (nSPS) is 17.1. The second-order valence-corrected chi connectivity index (χ2v) is 7.95. The van der Waals surface area contributed by atoms with Gasteiger partial charge in [0.1, 0.15) is 4.90 Å². The number of amides is 1. The molecule has 1 aliphatic carbocycles. The highest BCUT2D eigenvalue weighted by Gasteiger charge is 2.37. The van der Waals surface area contributed by atoms with E-state index in [-0.39, 0.29) is 21.1 Å². The van der Waals surface area contributed by atoms with Gasteiger partial charge in [-0.05, 0) is 37.5 Å². The van der Waals surface area contributed by atoms with Crippen LogP contribution in [0.3, 0.4) is 0 Å². The molecule has 1 saturated carbocycles. The largest absolute Gasteiger partial charge is 0.376 e. The lowest BCUT2D eigenvalue weighted by atomic mass is 9.80. The fraction of sp³-hybridized carbons (Fsp3) is 0.462. The van der Waals surface area contributed by atoms with E-state index in [1.165, 1.54) is 18.2 Å². The number of hydrogen-bond donors (Lipinski definition) is 1. The Morgan fingerprint density at radius 3 is 2.57 bits per heavy atom. The highest BCUT2D eigenvalue weighted by atomic mass is 35.7. The van der Waals surface area contributed by atoms with Crippen molar-refractivity contribution in [3.05, 3.63) is 28.8 Å². The lowest BCUT2D eigenvalue weighted by molar-refractivity contribution is -0.0679. The maximum Gasteiger partial charge on any atom is 0.262 e. The van der Waals surface area contributed by atoms with Crippen molar-refractivity contribution in [1.82, 2.24) is 5.32 Å². The smallest absolute Gasteiger partial charge is 0.262 e. The fourth-order valence-corrected chi connectivity index (χ4v) is 3.69. The van der Waals surface area contributed by atoms with E-state index in [0.717, 1.165) is 19.3 Å². The Balaban J connectivity index is 2.13. The van der Waals surface area contributed by atoms with Crippen LogP contribution in [0.15, 0.2) is 23.1 Å². The molecule has 1 aliphatic rings. The van der Waals surface area contributed by atoms with E-state index in [4.69, 9.17) is 27.0 Å². The van der Waals surface area contributed by atoms with Crippen molar-refractivity contribution in [3.8, 4) is 0 Å². The van der Waals surface area contributed by atoms with Crippen LogP contribution in [0.25, 0.3) is 0 Å². The fourth-order valence-electron chi connectivity index (χ4n) is 2.20. The molecule has 0 saturated heterocycles. The Morgan fingerprint density at radius 1 is 1.43 bits per heavy atom. The number of methoxy groups -OCH3 is 1. The Hall–Kier alpha value is -0.820. The molecular weight excluding hydrogens is 337 g/mol. The van der Waals surface area contributed by atoms with Crippen LogP contribution in [0.2, 0.25) is 5.02 Å². The maximum atomic E-state index is 12.1. The summed E-state index contributed by atoms with van der Waals surface area (Å²) in [6.07, 6.45) is 2.86. The van der Waals surface area contributed by atoms with Gasteiger partial charge in [-0.3, -0.25) is 4.79 Å². The highest BCUT2D eigenvalue weighted by Crippen LogP contribution is 2.34. The third-order valence-electron chi connectivity index (χ3n) is 3.72. The first-order valence-electron chi connectivity index (χ1n) is 6.35. The van der Waals surface area contributed by atoms with E-state index >= 15 is 0 Å². The Labute approximate surface area is 133 Å². The number of hydrogen-bond acceptors (Lipinski definition) is 4. The van der Waals surface area contributed by atoms with Crippen LogP contribution in [-0.4, -0.2) is 33.6 Å². The zero-order chi connectivity index (χ0) is 15.7. The summed E-state index contributed by atoms with van der Waals surface area (Å²) in [5.74, 6) is -0.392. The summed E-state index contributed by atoms with van der Waals surface area (Å²) < 4.78 is 28.2. The predicted molar refractivity (Wildman–Crippen MR) is 80.4 cm³/mol. The van der Waals surface area contributed by atoms with Crippen LogP contribution in [-0.2, 0) is 13.8 Å². The third kappa shape index (κ3) is 3.69. The van der Waals surface area contributed by atoms with Crippen molar-refractivity contribution in [1.29, 1.82) is 0 Å². The van der Waals surface area contributed by atoms with Crippen LogP contribution in [0.4, 0.5) is 0 Å². The van der Waals surface area contributed by atoms with E-state index in [9.17, 15) is 13.2 Å². The minimum atomic E-state index is -4.00. The summed E-state index contributed by atoms with van der Waals surface area (Å²) in [6.45, 7) is 0.383. The number of ether oxygens (including phenoxy) is 1. The molecule has 21 heavy (non-hydrogen) atoms. The first-order chi connectivity index (χ1) is 9.77. The zero-order valence-electron chi connectivity index (χ0n) is 11.4. The van der Waals surface area contributed by atoms with Crippen molar-refractivity contribution < 1.29 is 17.9 Å². The molecule has 2 rings (SSSR count). The van der Waals surface area contributed by atoms with Crippen LogP contribution in [0, 0.1) is 0 Å². The van der Waals surface area contributed by atoms with Crippen molar-refractivity contribution in [2.75, 3.05) is 13.7 Å². The van der Waals surface area contributed by atoms with Crippen molar-refractivity contribution in [2.45, 2.75) is 29.8 Å². The Bertz CT molecular complexity index is 651. The molecule has 1 fully saturated rings. The minimum Gasteiger partial charge on any atom is -0.376 e. The molecule has 1 aromatic rings. The van der Waals surface area contributed by atoms with Crippen LogP contribution in [0.1, 0.15) is 29.6 Å². The number of rotatable bonds is 5. The van der Waals surface area contributed by atoms with Gasteiger partial charge in [0.15, 0.2) is 0 Å². The van der Waals surface area contributed by atoms with Gasteiger partial charge in [-0.1, -0.05) is 11.6 Å². The lowest BCUT2D eigenvalue weighted by Crippen LogP contribution is -2.49. The number of nitrogens with one attached hydrogen (secondary N) is 1. The number of halogens is 2. The predicted octanol–water partition coefficient (Wildman–Crippen LogP) is 2.57. The van der Waals surface area contributed by atoms with Gasteiger partial charge in [0.2, 0.25) is 0 Å². The monoisotopic (exact) mass is 351 g/mol. The van der Waals surface area contributed by atoms with Gasteiger partial charge in [0, 0.05) is 29.9 Å². The minimum absolute atomic E-state index is 0.0195. The first kappa shape index (κ1) is 16.5. The molecule has 1 aromatic carbocycles. The Morgan fingerprint density at radius 2 is 2.10 bits per heavy atom. The molecule has 0 heterocycles. The van der Waals surface area contributed by atoms with Gasteiger partial charge < -0.3 is 10.1 Å². The van der Waals surface area contributed by atoms with Crippen LogP contribution >= 0.6 is 22.3 Å². The van der Waals surface area contributed by atoms with Gasteiger partial charge in [-0.25, -0.2) is 8.42 Å². The van der Waals surface area contributed by atoms with Crippen LogP contribution < -0.4 is 5.32 Å². The molecule has 0 bridgehead atoms. The first-order valence-corrected chi connectivity index (χ1v) is 9.04. The standard InChI is InChI=1S/C13H15Cl2NO4S/c1-20-13(5-2-6-13)8-16-12(17)9-3-4-10(14)11(7-9)21(15,18)19/h3-4,7H,2,5-6,8H2,1H3,(H,16,17). The van der Waals surface area contributed by atoms with E-state index in [1.54, 1.807) is 7.11 Å². The molecule has 0 atom stereocenters. The number of carbonyl (C=O) groups is 1. The van der Waals surface area contributed by atoms with Gasteiger partial charge in [0.05, 0.1) is 10.6 Å². The number of carbonyl (C=O) groups excluding carboxylic acids is 1. The average Bonchev–Trinajstić information content (AvgIpc) is 2.37. The van der Waals surface area contributed by atoms with E-state index in [1.807, 2.05) is 0 Å². The quantitative estimate of drug-likeness (QED) is 0.827. The summed E-state index contributed by atoms with van der Waals surface area (Å²) in [7, 11) is 2.90. The van der Waals surface area contributed by atoms with Gasteiger partial charge in [-0.2, -0.15) is 0 Å². The molecule has 116 valence electrons. The molecular formula is C13H15Cl2NO4S. The average molecular weight is 352 g/mol. The third-order valence-corrected chi connectivity index (χ3v) is 5.53. The summed E-state index contributed by atoms with van der Waals surface area (Å²) in [5, 5.41) is 2.73. The maximum absolute atomic E-state index is 12.1. The molecule has 1 amide bonds. The molecule has 1 N–H and O–H groups in total. The summed E-state index contributed by atoms with van der Waals surface area (Å²) in [5.41, 5.74) is -0.118. The van der Waals surface area contributed by atoms with E-state index in [0.29, 0.717) is 6.54 Å². The molecule has 5 nitrogen and oxygen atoms in total. The molecule has 0 unspecified atom stereocenters. The van der Waals surface area contributed by atoms with Crippen LogP contribution in [0.5, 0.6) is 0 Å². The van der Waals surface area contributed by atoms with Crippen molar-refractivity contribution in [2.24, 2.45) is 0 Å². The molecule has 0 aliphatic heterocycles. The SMILES string of the molecule is COC1(CNC(=O)c2ccc(Cl)c(S(=O)(=O)Cl)c2)CCC1. The van der Waals surface area contributed by atoms with Crippen molar-refractivity contribution in [3.63, 3.8) is 0 Å². The van der Waals surface area contributed by atoms with E-state index in [2.05, 4.69) is 5.32 Å². The molecule has 0 spiro atoms. The molecule has 0 aromatic heterocycles. The van der Waals surface area contributed by atoms with Gasteiger partial charge >= 0.3 is 0 Å². The summed E-state index contributed by atoms with van der Waals surface area (Å²) in [6, 6.07) is 3.95. The summed E-state index contributed by atoms with van der Waals surface area (Å²) >= 11 is 5.77.